The van der Waals surface area contributed by atoms with E-state index in [-0.39, 0.29) is 5.41 Å². The second kappa shape index (κ2) is 4.85. The van der Waals surface area contributed by atoms with Gasteiger partial charge in [0.05, 0.1) is 11.2 Å². The number of pyridine rings is 1. The highest BCUT2D eigenvalue weighted by atomic mass is 16.4. The van der Waals surface area contributed by atoms with Crippen molar-refractivity contribution in [2.45, 2.75) is 20.8 Å². The zero-order chi connectivity index (χ0) is 15.0. The Balaban J connectivity index is 2.31. The van der Waals surface area contributed by atoms with Gasteiger partial charge in [-0.25, -0.2) is 4.98 Å². The van der Waals surface area contributed by atoms with Gasteiger partial charge in [-0.2, -0.15) is 0 Å². The van der Waals surface area contributed by atoms with Crippen molar-refractivity contribution >= 4 is 27.4 Å². The average molecular weight is 278 g/mol. The minimum Gasteiger partial charge on any atom is -0.411 e. The summed E-state index contributed by atoms with van der Waals surface area (Å²) < 4.78 is 0. The Bertz CT molecular complexity index is 845. The average Bonchev–Trinajstić information content (AvgIpc) is 2.46. The first-order valence-corrected chi connectivity index (χ1v) is 7.02. The molecule has 3 rings (SSSR count). The molecule has 0 bridgehead atoms. The molecule has 1 N–H and O–H groups in total. The van der Waals surface area contributed by atoms with E-state index >= 15 is 0 Å². The standard InChI is InChI=1S/C18H18N2O/c1-18(2,3)17(20-21)15-11-10-13-9-8-12-6-4-5-7-14(12)16(13)19-15/h4-11,21H,1-3H3/b20-17-. The van der Waals surface area contributed by atoms with Gasteiger partial charge in [-0.05, 0) is 11.5 Å². The van der Waals surface area contributed by atoms with Crippen molar-refractivity contribution < 1.29 is 5.21 Å². The Morgan fingerprint density at radius 3 is 2.33 bits per heavy atom. The SMILES string of the molecule is CC(C)(C)/C(=N\O)c1ccc2ccc3ccccc3c2n1. The normalized spacial score (nSPS) is 13.0. The minimum atomic E-state index is -0.264. The molecule has 0 unspecified atom stereocenters. The van der Waals surface area contributed by atoms with E-state index in [0.717, 1.165) is 21.7 Å². The molecule has 0 amide bonds. The number of nitrogens with zero attached hydrogens (tertiary/aromatic N) is 2. The van der Waals surface area contributed by atoms with Crippen LogP contribution in [0.2, 0.25) is 0 Å². The molecule has 3 nitrogen and oxygen atoms in total. The molecule has 0 saturated carbocycles. The summed E-state index contributed by atoms with van der Waals surface area (Å²) in [5, 5.41) is 16.2. The Hall–Kier alpha value is -2.42. The van der Waals surface area contributed by atoms with Crippen LogP contribution in [-0.2, 0) is 0 Å². The lowest BCUT2D eigenvalue weighted by Crippen LogP contribution is -2.22. The van der Waals surface area contributed by atoms with Gasteiger partial charge in [-0.1, -0.05) is 68.4 Å². The van der Waals surface area contributed by atoms with Crippen LogP contribution >= 0.6 is 0 Å². The lowest BCUT2D eigenvalue weighted by atomic mass is 9.87. The van der Waals surface area contributed by atoms with Crippen molar-refractivity contribution in [3.63, 3.8) is 0 Å². The third-order valence-electron chi connectivity index (χ3n) is 3.64. The number of rotatable bonds is 1. The van der Waals surface area contributed by atoms with Crippen molar-refractivity contribution in [1.82, 2.24) is 4.98 Å². The highest BCUT2D eigenvalue weighted by molar-refractivity contribution is 6.08. The minimum absolute atomic E-state index is 0.264. The predicted molar refractivity (Wildman–Crippen MR) is 87.0 cm³/mol. The van der Waals surface area contributed by atoms with Crippen LogP contribution in [0.1, 0.15) is 26.5 Å². The molecule has 0 atom stereocenters. The van der Waals surface area contributed by atoms with Crippen LogP contribution in [0.25, 0.3) is 21.7 Å². The molecular weight excluding hydrogens is 260 g/mol. The van der Waals surface area contributed by atoms with E-state index in [1.54, 1.807) is 0 Å². The molecule has 2 aromatic carbocycles. The summed E-state index contributed by atoms with van der Waals surface area (Å²) in [6.45, 7) is 6.03. The Kier molecular flexibility index (Phi) is 3.13. The van der Waals surface area contributed by atoms with E-state index in [2.05, 4.69) is 29.4 Å². The van der Waals surface area contributed by atoms with Crippen molar-refractivity contribution in [3.8, 4) is 0 Å². The Labute approximate surface area is 123 Å². The first-order chi connectivity index (χ1) is 10.0. The van der Waals surface area contributed by atoms with Crippen LogP contribution in [0.5, 0.6) is 0 Å². The second-order valence-electron chi connectivity index (χ2n) is 6.25. The first kappa shape index (κ1) is 13.6. The van der Waals surface area contributed by atoms with Gasteiger partial charge in [0, 0.05) is 16.2 Å². The summed E-state index contributed by atoms with van der Waals surface area (Å²) in [6.07, 6.45) is 0. The predicted octanol–water partition coefficient (Wildman–Crippen LogP) is 4.61. The van der Waals surface area contributed by atoms with Gasteiger partial charge in [0.2, 0.25) is 0 Å². The molecular formula is C18H18N2O. The highest BCUT2D eigenvalue weighted by Crippen LogP contribution is 2.26. The molecule has 21 heavy (non-hydrogen) atoms. The maximum absolute atomic E-state index is 9.35. The number of aromatic nitrogens is 1. The van der Waals surface area contributed by atoms with Crippen molar-refractivity contribution in [2.24, 2.45) is 10.6 Å². The van der Waals surface area contributed by atoms with Crippen LogP contribution in [0.3, 0.4) is 0 Å². The topological polar surface area (TPSA) is 45.5 Å². The number of hydrogen-bond acceptors (Lipinski definition) is 3. The zero-order valence-electron chi connectivity index (χ0n) is 12.5. The van der Waals surface area contributed by atoms with Gasteiger partial charge in [0.1, 0.15) is 5.71 Å². The van der Waals surface area contributed by atoms with Gasteiger partial charge in [0.25, 0.3) is 0 Å². The molecule has 0 aliphatic rings. The van der Waals surface area contributed by atoms with Crippen LogP contribution < -0.4 is 0 Å². The van der Waals surface area contributed by atoms with E-state index in [0.29, 0.717) is 11.4 Å². The molecule has 0 fully saturated rings. The van der Waals surface area contributed by atoms with E-state index in [9.17, 15) is 5.21 Å². The molecule has 1 heterocycles. The molecule has 106 valence electrons. The maximum Gasteiger partial charge on any atom is 0.110 e. The van der Waals surface area contributed by atoms with Crippen LogP contribution in [0, 0.1) is 5.41 Å². The lowest BCUT2D eigenvalue weighted by molar-refractivity contribution is 0.311. The number of benzene rings is 2. The Morgan fingerprint density at radius 1 is 0.952 bits per heavy atom. The van der Waals surface area contributed by atoms with Crippen molar-refractivity contribution in [2.75, 3.05) is 0 Å². The summed E-state index contributed by atoms with van der Waals surface area (Å²) >= 11 is 0. The molecule has 0 aliphatic heterocycles. The van der Waals surface area contributed by atoms with Gasteiger partial charge < -0.3 is 5.21 Å². The molecule has 0 radical (unpaired) electrons. The second-order valence-corrected chi connectivity index (χ2v) is 6.25. The smallest absolute Gasteiger partial charge is 0.110 e. The fourth-order valence-corrected chi connectivity index (χ4v) is 2.58. The lowest BCUT2D eigenvalue weighted by Gasteiger charge is -2.19. The van der Waals surface area contributed by atoms with Gasteiger partial charge in [0.15, 0.2) is 0 Å². The first-order valence-electron chi connectivity index (χ1n) is 7.02. The molecule has 1 aromatic heterocycles. The summed E-state index contributed by atoms with van der Waals surface area (Å²) in [7, 11) is 0. The van der Waals surface area contributed by atoms with Crippen molar-refractivity contribution in [1.29, 1.82) is 0 Å². The highest BCUT2D eigenvalue weighted by Gasteiger charge is 2.23. The van der Waals surface area contributed by atoms with E-state index in [1.165, 1.54) is 0 Å². The third kappa shape index (κ3) is 2.35. The fourth-order valence-electron chi connectivity index (χ4n) is 2.58. The van der Waals surface area contributed by atoms with Crippen molar-refractivity contribution in [3.05, 3.63) is 54.2 Å². The summed E-state index contributed by atoms with van der Waals surface area (Å²) in [6, 6.07) is 16.3. The summed E-state index contributed by atoms with van der Waals surface area (Å²) in [5.74, 6) is 0. The molecule has 3 heteroatoms. The molecule has 0 spiro atoms. The van der Waals surface area contributed by atoms with Crippen LogP contribution in [0.4, 0.5) is 0 Å². The quantitative estimate of drug-likeness (QED) is 0.306. The van der Waals surface area contributed by atoms with Gasteiger partial charge >= 0.3 is 0 Å². The van der Waals surface area contributed by atoms with Crippen LogP contribution in [0.15, 0.2) is 53.7 Å². The van der Waals surface area contributed by atoms with Gasteiger partial charge in [-0.15, -0.1) is 0 Å². The number of fused-ring (bicyclic) bond motifs is 3. The Morgan fingerprint density at radius 2 is 1.62 bits per heavy atom. The zero-order valence-corrected chi connectivity index (χ0v) is 12.5. The summed E-state index contributed by atoms with van der Waals surface area (Å²) in [4.78, 5) is 4.75. The van der Waals surface area contributed by atoms with E-state index < -0.39 is 0 Å². The third-order valence-corrected chi connectivity index (χ3v) is 3.64. The number of hydrogen-bond donors (Lipinski definition) is 1. The van der Waals surface area contributed by atoms with Gasteiger partial charge in [-0.3, -0.25) is 0 Å². The maximum atomic E-state index is 9.35. The molecule has 0 saturated heterocycles. The molecule has 3 aromatic rings. The van der Waals surface area contributed by atoms with E-state index in [1.807, 2.05) is 45.0 Å². The fraction of sp³-hybridized carbons (Fsp3) is 0.222. The van der Waals surface area contributed by atoms with E-state index in [4.69, 9.17) is 4.98 Å². The monoisotopic (exact) mass is 278 g/mol. The summed E-state index contributed by atoms with van der Waals surface area (Å²) in [5.41, 5.74) is 1.99. The number of oxime groups is 1. The largest absolute Gasteiger partial charge is 0.411 e. The van der Waals surface area contributed by atoms with Crippen LogP contribution in [-0.4, -0.2) is 15.9 Å². The molecule has 0 aliphatic carbocycles.